The van der Waals surface area contributed by atoms with Gasteiger partial charge in [-0.15, -0.1) is 0 Å². The zero-order valence-electron chi connectivity index (χ0n) is 14.2. The van der Waals surface area contributed by atoms with Gasteiger partial charge in [-0.3, -0.25) is 14.1 Å². The highest BCUT2D eigenvalue weighted by molar-refractivity contribution is 7.92. The molecule has 0 saturated heterocycles. The summed E-state index contributed by atoms with van der Waals surface area (Å²) < 4.78 is 30.1. The molecule has 2 aromatic rings. The van der Waals surface area contributed by atoms with Gasteiger partial charge in [-0.25, -0.2) is 8.42 Å². The number of hydrogen-bond acceptors (Lipinski definition) is 5. The third-order valence-corrected chi connectivity index (χ3v) is 4.66. The molecule has 134 valence electrons. The third kappa shape index (κ3) is 5.75. The monoisotopic (exact) mass is 363 g/mol. The van der Waals surface area contributed by atoms with Crippen molar-refractivity contribution < 1.29 is 17.9 Å². The van der Waals surface area contributed by atoms with Crippen LogP contribution in [0, 0.1) is 0 Å². The number of pyridine rings is 1. The molecule has 0 saturated carbocycles. The molecule has 0 aliphatic heterocycles. The largest absolute Gasteiger partial charge is 0.484 e. The Hall–Kier alpha value is -2.61. The maximum absolute atomic E-state index is 11.8. The van der Waals surface area contributed by atoms with E-state index in [1.165, 1.54) is 4.31 Å². The van der Waals surface area contributed by atoms with Crippen LogP contribution in [0.5, 0.6) is 5.75 Å². The van der Waals surface area contributed by atoms with E-state index in [-0.39, 0.29) is 12.5 Å². The van der Waals surface area contributed by atoms with Crippen molar-refractivity contribution in [2.75, 3.05) is 23.7 Å². The Kier molecular flexibility index (Phi) is 6.35. The average molecular weight is 363 g/mol. The number of hydrogen-bond donors (Lipinski definition) is 1. The highest BCUT2D eigenvalue weighted by Gasteiger charge is 2.15. The molecular weight excluding hydrogens is 342 g/mol. The lowest BCUT2D eigenvalue weighted by atomic mass is 10.3. The molecule has 2 rings (SSSR count). The number of amides is 1. The maximum Gasteiger partial charge on any atom is 0.258 e. The number of carbonyl (C=O) groups excluding carboxylic acids is 1. The minimum Gasteiger partial charge on any atom is -0.484 e. The van der Waals surface area contributed by atoms with Gasteiger partial charge >= 0.3 is 0 Å². The first-order valence-electron chi connectivity index (χ1n) is 7.76. The second-order valence-electron chi connectivity index (χ2n) is 5.35. The molecule has 0 atom stereocenters. The topological polar surface area (TPSA) is 88.6 Å². The Balaban J connectivity index is 1.86. The first-order valence-corrected chi connectivity index (χ1v) is 9.61. The summed E-state index contributed by atoms with van der Waals surface area (Å²) in [4.78, 5) is 15.8. The van der Waals surface area contributed by atoms with Crippen LogP contribution in [0.3, 0.4) is 0 Å². The van der Waals surface area contributed by atoms with Gasteiger partial charge in [0.15, 0.2) is 6.61 Å². The molecule has 1 aromatic heterocycles. The van der Waals surface area contributed by atoms with Gasteiger partial charge in [0.1, 0.15) is 5.75 Å². The SMILES string of the molecule is CCN(c1ccc(OCC(=O)NCc2cccnc2)cc1)S(C)(=O)=O. The predicted octanol–water partition coefficient (Wildman–Crippen LogP) is 1.56. The minimum absolute atomic E-state index is 0.122. The van der Waals surface area contributed by atoms with E-state index in [1.807, 2.05) is 6.07 Å². The number of aromatic nitrogens is 1. The van der Waals surface area contributed by atoms with Gasteiger partial charge in [-0.05, 0) is 42.8 Å². The summed E-state index contributed by atoms with van der Waals surface area (Å²) in [5.74, 6) is 0.240. The quantitative estimate of drug-likeness (QED) is 0.769. The van der Waals surface area contributed by atoms with Gasteiger partial charge in [-0.1, -0.05) is 6.07 Å². The van der Waals surface area contributed by atoms with Crippen LogP contribution in [0.25, 0.3) is 0 Å². The van der Waals surface area contributed by atoms with Crippen molar-refractivity contribution in [3.8, 4) is 5.75 Å². The number of carbonyl (C=O) groups is 1. The van der Waals surface area contributed by atoms with Gasteiger partial charge in [0.05, 0.1) is 11.9 Å². The van der Waals surface area contributed by atoms with Crippen molar-refractivity contribution in [2.45, 2.75) is 13.5 Å². The van der Waals surface area contributed by atoms with E-state index >= 15 is 0 Å². The summed E-state index contributed by atoms with van der Waals surface area (Å²) in [5, 5.41) is 2.74. The van der Waals surface area contributed by atoms with E-state index in [0.29, 0.717) is 24.5 Å². The van der Waals surface area contributed by atoms with E-state index in [0.717, 1.165) is 11.8 Å². The van der Waals surface area contributed by atoms with Crippen molar-refractivity contribution in [2.24, 2.45) is 0 Å². The van der Waals surface area contributed by atoms with Crippen molar-refractivity contribution in [3.05, 3.63) is 54.4 Å². The van der Waals surface area contributed by atoms with Gasteiger partial charge < -0.3 is 10.1 Å². The van der Waals surface area contributed by atoms with Gasteiger partial charge in [-0.2, -0.15) is 0 Å². The Morgan fingerprint density at radius 1 is 1.24 bits per heavy atom. The summed E-state index contributed by atoms with van der Waals surface area (Å²) in [6, 6.07) is 10.2. The van der Waals surface area contributed by atoms with E-state index in [2.05, 4.69) is 10.3 Å². The lowest BCUT2D eigenvalue weighted by Crippen LogP contribution is -2.29. The molecule has 8 heteroatoms. The molecule has 0 bridgehead atoms. The maximum atomic E-state index is 11.8. The van der Waals surface area contributed by atoms with Gasteiger partial charge in [0, 0.05) is 25.5 Å². The van der Waals surface area contributed by atoms with Crippen LogP contribution in [0.15, 0.2) is 48.8 Å². The lowest BCUT2D eigenvalue weighted by Gasteiger charge is -2.20. The van der Waals surface area contributed by atoms with E-state index in [1.54, 1.807) is 49.6 Å². The number of ether oxygens (including phenoxy) is 1. The van der Waals surface area contributed by atoms with Gasteiger partial charge in [0.2, 0.25) is 10.0 Å². The van der Waals surface area contributed by atoms with Crippen LogP contribution in [0.4, 0.5) is 5.69 Å². The second kappa shape index (κ2) is 8.48. The summed E-state index contributed by atoms with van der Waals surface area (Å²) in [5.41, 5.74) is 1.46. The van der Waals surface area contributed by atoms with Crippen LogP contribution in [0.2, 0.25) is 0 Å². The molecule has 7 nitrogen and oxygen atoms in total. The Labute approximate surface area is 147 Å². The van der Waals surface area contributed by atoms with Crippen molar-refractivity contribution >= 4 is 21.6 Å². The molecule has 0 aliphatic carbocycles. The lowest BCUT2D eigenvalue weighted by molar-refractivity contribution is -0.123. The molecule has 0 radical (unpaired) electrons. The molecule has 25 heavy (non-hydrogen) atoms. The number of nitrogens with zero attached hydrogens (tertiary/aromatic N) is 2. The molecule has 0 aliphatic rings. The minimum atomic E-state index is -3.32. The third-order valence-electron chi connectivity index (χ3n) is 3.39. The normalized spacial score (nSPS) is 11.0. The van der Waals surface area contributed by atoms with E-state index in [9.17, 15) is 13.2 Å². The Morgan fingerprint density at radius 2 is 1.96 bits per heavy atom. The predicted molar refractivity (Wildman–Crippen MR) is 95.9 cm³/mol. The molecule has 1 aromatic carbocycles. The molecular formula is C17H21N3O4S. The second-order valence-corrected chi connectivity index (χ2v) is 7.26. The number of sulfonamides is 1. The molecule has 1 amide bonds. The summed E-state index contributed by atoms with van der Waals surface area (Å²) in [7, 11) is -3.32. The van der Waals surface area contributed by atoms with Crippen LogP contribution in [-0.4, -0.2) is 38.7 Å². The van der Waals surface area contributed by atoms with Crippen molar-refractivity contribution in [3.63, 3.8) is 0 Å². The first-order chi connectivity index (χ1) is 11.9. The number of rotatable bonds is 8. The van der Waals surface area contributed by atoms with E-state index < -0.39 is 10.0 Å². The molecule has 0 unspecified atom stereocenters. The molecule has 0 fully saturated rings. The number of nitrogens with one attached hydrogen (secondary N) is 1. The summed E-state index contributed by atoms with van der Waals surface area (Å²) >= 11 is 0. The number of benzene rings is 1. The van der Waals surface area contributed by atoms with Gasteiger partial charge in [0.25, 0.3) is 5.91 Å². The van der Waals surface area contributed by atoms with Crippen molar-refractivity contribution in [1.82, 2.24) is 10.3 Å². The summed E-state index contributed by atoms with van der Waals surface area (Å²) in [6.07, 6.45) is 4.51. The van der Waals surface area contributed by atoms with Crippen LogP contribution in [-0.2, 0) is 21.4 Å². The Morgan fingerprint density at radius 3 is 2.52 bits per heavy atom. The standard InChI is InChI=1S/C17H21N3O4S/c1-3-20(25(2,22)23)15-6-8-16(9-7-15)24-13-17(21)19-12-14-5-4-10-18-11-14/h4-11H,3,12-13H2,1-2H3,(H,19,21). The molecule has 1 heterocycles. The Bertz CT molecular complexity index is 792. The zero-order chi connectivity index (χ0) is 18.3. The fraction of sp³-hybridized carbons (Fsp3) is 0.294. The average Bonchev–Trinajstić information content (AvgIpc) is 2.59. The van der Waals surface area contributed by atoms with Crippen LogP contribution < -0.4 is 14.4 Å². The fourth-order valence-electron chi connectivity index (χ4n) is 2.22. The van der Waals surface area contributed by atoms with E-state index in [4.69, 9.17) is 4.74 Å². The smallest absolute Gasteiger partial charge is 0.258 e. The first kappa shape index (κ1) is 18.7. The van der Waals surface area contributed by atoms with Crippen LogP contribution >= 0.6 is 0 Å². The van der Waals surface area contributed by atoms with Crippen LogP contribution in [0.1, 0.15) is 12.5 Å². The summed E-state index contributed by atoms with van der Waals surface area (Å²) in [6.45, 7) is 2.37. The molecule has 0 spiro atoms. The number of anilines is 1. The van der Waals surface area contributed by atoms with Crippen molar-refractivity contribution in [1.29, 1.82) is 0 Å². The highest BCUT2D eigenvalue weighted by Crippen LogP contribution is 2.21. The highest BCUT2D eigenvalue weighted by atomic mass is 32.2. The zero-order valence-corrected chi connectivity index (χ0v) is 15.0. The molecule has 1 N–H and O–H groups in total. The fourth-order valence-corrected chi connectivity index (χ4v) is 3.19.